The first-order chi connectivity index (χ1) is 22.0. The topological polar surface area (TPSA) is 75.9 Å². The molecule has 1 aliphatic heterocycles. The molecule has 0 N–H and O–H groups in total. The predicted octanol–water partition coefficient (Wildman–Crippen LogP) is 7.15. The van der Waals surface area contributed by atoms with Crippen LogP contribution in [-0.2, 0) is 17.8 Å². The van der Waals surface area contributed by atoms with Gasteiger partial charge in [0, 0.05) is 62.0 Å². The Balaban J connectivity index is 1.04. The maximum atomic E-state index is 12.7. The SMILES string of the molecule is Cc1cc2ncc3cc(-c4ccccc4)c(-c4ccc(CN5CCC(OC(=O)N(C)Cc6ccccc6)CC5)cc4)nc3n2n1. The van der Waals surface area contributed by atoms with Crippen LogP contribution in [0.4, 0.5) is 4.79 Å². The number of hydrogen-bond donors (Lipinski definition) is 0. The monoisotopic (exact) mass is 596 g/mol. The van der Waals surface area contributed by atoms with E-state index < -0.39 is 0 Å². The molecular weight excluding hydrogens is 560 g/mol. The number of benzene rings is 3. The summed E-state index contributed by atoms with van der Waals surface area (Å²) in [6, 6.07) is 33.2. The van der Waals surface area contributed by atoms with Gasteiger partial charge in [-0.15, -0.1) is 0 Å². The largest absolute Gasteiger partial charge is 0.446 e. The Morgan fingerprint density at radius 1 is 0.889 bits per heavy atom. The number of piperidine rings is 1. The molecule has 7 rings (SSSR count). The van der Waals surface area contributed by atoms with Gasteiger partial charge in [-0.25, -0.2) is 14.8 Å². The number of hydrogen-bond acceptors (Lipinski definition) is 6. The summed E-state index contributed by atoms with van der Waals surface area (Å²) in [6.07, 6.45) is 3.24. The lowest BCUT2D eigenvalue weighted by Gasteiger charge is -2.32. The summed E-state index contributed by atoms with van der Waals surface area (Å²) < 4.78 is 7.67. The Labute approximate surface area is 262 Å². The van der Waals surface area contributed by atoms with Crippen molar-refractivity contribution in [2.75, 3.05) is 20.1 Å². The summed E-state index contributed by atoms with van der Waals surface area (Å²) >= 11 is 0. The second-order valence-electron chi connectivity index (χ2n) is 11.9. The Morgan fingerprint density at radius 3 is 2.33 bits per heavy atom. The molecule has 6 aromatic rings. The zero-order chi connectivity index (χ0) is 30.8. The van der Waals surface area contributed by atoms with Crippen molar-refractivity contribution in [1.82, 2.24) is 29.4 Å². The van der Waals surface area contributed by atoms with Crippen molar-refractivity contribution in [2.24, 2.45) is 0 Å². The van der Waals surface area contributed by atoms with Crippen LogP contribution in [-0.4, -0.2) is 61.7 Å². The van der Waals surface area contributed by atoms with Crippen molar-refractivity contribution >= 4 is 22.8 Å². The molecule has 1 fully saturated rings. The number of fused-ring (bicyclic) bond motifs is 3. The van der Waals surface area contributed by atoms with Gasteiger partial charge in [-0.1, -0.05) is 84.9 Å². The minimum Gasteiger partial charge on any atom is -0.446 e. The second kappa shape index (κ2) is 12.5. The molecule has 0 unspecified atom stereocenters. The summed E-state index contributed by atoms with van der Waals surface area (Å²) in [6.45, 7) is 5.14. The molecule has 8 nitrogen and oxygen atoms in total. The maximum Gasteiger partial charge on any atom is 0.410 e. The molecular formula is C37H36N6O2. The van der Waals surface area contributed by atoms with Crippen molar-refractivity contribution < 1.29 is 9.53 Å². The van der Waals surface area contributed by atoms with E-state index in [0.717, 1.165) is 82.8 Å². The highest BCUT2D eigenvalue weighted by molar-refractivity contribution is 5.90. The number of nitrogens with zero attached hydrogens (tertiary/aromatic N) is 6. The normalized spacial score (nSPS) is 14.2. The van der Waals surface area contributed by atoms with Crippen LogP contribution in [0.5, 0.6) is 0 Å². The smallest absolute Gasteiger partial charge is 0.410 e. The fraction of sp³-hybridized carbons (Fsp3) is 0.243. The number of aromatic nitrogens is 4. The fourth-order valence-corrected chi connectivity index (χ4v) is 6.08. The van der Waals surface area contributed by atoms with E-state index in [0.29, 0.717) is 6.54 Å². The van der Waals surface area contributed by atoms with Crippen LogP contribution >= 0.6 is 0 Å². The molecule has 226 valence electrons. The van der Waals surface area contributed by atoms with Gasteiger partial charge in [0.05, 0.1) is 11.4 Å². The molecule has 3 aromatic carbocycles. The minimum absolute atomic E-state index is 0.0509. The zero-order valence-electron chi connectivity index (χ0n) is 25.6. The second-order valence-corrected chi connectivity index (χ2v) is 11.9. The van der Waals surface area contributed by atoms with Gasteiger partial charge in [0.25, 0.3) is 0 Å². The standard InChI is InChI=1S/C37H36N6O2/c1-26-21-34-38-23-31-22-33(29-11-7-4-8-12-29)35(39-36(31)43(34)40-26)30-15-13-28(14-16-30)25-42-19-17-32(18-20-42)45-37(44)41(2)24-27-9-5-3-6-10-27/h3-16,21-23,32H,17-20,24-25H2,1-2H3. The maximum absolute atomic E-state index is 12.7. The van der Waals surface area contributed by atoms with Crippen molar-refractivity contribution in [2.45, 2.75) is 39.0 Å². The number of pyridine rings is 1. The Kier molecular flexibility index (Phi) is 7.96. The molecule has 0 radical (unpaired) electrons. The van der Waals surface area contributed by atoms with Crippen LogP contribution in [0, 0.1) is 6.92 Å². The summed E-state index contributed by atoms with van der Waals surface area (Å²) in [4.78, 5) is 26.5. The third-order valence-corrected chi connectivity index (χ3v) is 8.47. The molecule has 1 aliphatic rings. The molecule has 0 bridgehead atoms. The summed E-state index contributed by atoms with van der Waals surface area (Å²) in [5, 5.41) is 5.61. The van der Waals surface area contributed by atoms with Gasteiger partial charge in [-0.2, -0.15) is 9.61 Å². The van der Waals surface area contributed by atoms with Gasteiger partial charge < -0.3 is 9.64 Å². The van der Waals surface area contributed by atoms with Crippen molar-refractivity contribution in [3.63, 3.8) is 0 Å². The van der Waals surface area contributed by atoms with Crippen LogP contribution in [0.3, 0.4) is 0 Å². The first-order valence-electron chi connectivity index (χ1n) is 15.5. The first kappa shape index (κ1) is 28.7. The number of amides is 1. The van der Waals surface area contributed by atoms with Gasteiger partial charge in [-0.3, -0.25) is 4.90 Å². The highest BCUT2D eigenvalue weighted by atomic mass is 16.6. The number of carbonyl (C=O) groups is 1. The lowest BCUT2D eigenvalue weighted by Crippen LogP contribution is -2.39. The van der Waals surface area contributed by atoms with E-state index in [1.165, 1.54) is 5.56 Å². The van der Waals surface area contributed by atoms with Gasteiger partial charge >= 0.3 is 6.09 Å². The molecule has 1 saturated heterocycles. The predicted molar refractivity (Wildman–Crippen MR) is 177 cm³/mol. The molecule has 0 atom stereocenters. The van der Waals surface area contributed by atoms with Crippen LogP contribution in [0.15, 0.2) is 103 Å². The van der Waals surface area contributed by atoms with E-state index in [1.807, 2.05) is 60.1 Å². The van der Waals surface area contributed by atoms with Crippen molar-refractivity contribution in [3.05, 3.63) is 120 Å². The third-order valence-electron chi connectivity index (χ3n) is 8.47. The molecule has 45 heavy (non-hydrogen) atoms. The van der Waals surface area contributed by atoms with Crippen LogP contribution in [0.25, 0.3) is 39.1 Å². The first-order valence-corrected chi connectivity index (χ1v) is 15.5. The highest BCUT2D eigenvalue weighted by Gasteiger charge is 2.24. The fourth-order valence-electron chi connectivity index (χ4n) is 6.08. The Hall–Kier alpha value is -5.08. The van der Waals surface area contributed by atoms with E-state index in [9.17, 15) is 4.79 Å². The molecule has 0 saturated carbocycles. The third kappa shape index (κ3) is 6.28. The number of aryl methyl sites for hydroxylation is 1. The number of rotatable bonds is 7. The van der Waals surface area contributed by atoms with Crippen molar-refractivity contribution in [3.8, 4) is 22.4 Å². The summed E-state index contributed by atoms with van der Waals surface area (Å²) in [5.41, 5.74) is 8.97. The van der Waals surface area contributed by atoms with Gasteiger partial charge in [0.1, 0.15) is 6.10 Å². The molecule has 0 aliphatic carbocycles. The van der Waals surface area contributed by atoms with Gasteiger partial charge in [0.2, 0.25) is 0 Å². The lowest BCUT2D eigenvalue weighted by atomic mass is 9.97. The number of ether oxygens (including phenoxy) is 1. The lowest BCUT2D eigenvalue weighted by molar-refractivity contribution is 0.0298. The Morgan fingerprint density at radius 2 is 1.60 bits per heavy atom. The van der Waals surface area contributed by atoms with E-state index in [-0.39, 0.29) is 12.2 Å². The van der Waals surface area contributed by atoms with E-state index in [4.69, 9.17) is 9.72 Å². The molecule has 8 heteroatoms. The summed E-state index contributed by atoms with van der Waals surface area (Å²) in [7, 11) is 1.79. The molecule has 4 heterocycles. The molecule has 1 amide bonds. The van der Waals surface area contributed by atoms with E-state index in [1.54, 1.807) is 11.9 Å². The van der Waals surface area contributed by atoms with E-state index >= 15 is 0 Å². The molecule has 0 spiro atoms. The van der Waals surface area contributed by atoms with Crippen molar-refractivity contribution in [1.29, 1.82) is 0 Å². The Bertz CT molecular complexity index is 1930. The average molecular weight is 597 g/mol. The minimum atomic E-state index is -0.259. The quantitative estimate of drug-likeness (QED) is 0.195. The summed E-state index contributed by atoms with van der Waals surface area (Å²) in [5.74, 6) is 0. The van der Waals surface area contributed by atoms with Crippen LogP contribution in [0.1, 0.15) is 29.7 Å². The molecule has 3 aromatic heterocycles. The zero-order valence-corrected chi connectivity index (χ0v) is 25.6. The average Bonchev–Trinajstić information content (AvgIpc) is 3.47. The number of carbonyl (C=O) groups excluding carboxylic acids is 1. The van der Waals surface area contributed by atoms with Gasteiger partial charge in [0.15, 0.2) is 11.3 Å². The highest BCUT2D eigenvalue weighted by Crippen LogP contribution is 2.34. The van der Waals surface area contributed by atoms with Gasteiger partial charge in [-0.05, 0) is 42.5 Å². The van der Waals surface area contributed by atoms with Crippen LogP contribution < -0.4 is 0 Å². The van der Waals surface area contributed by atoms with Crippen LogP contribution in [0.2, 0.25) is 0 Å². The number of likely N-dealkylation sites (tertiary alicyclic amines) is 1. The van der Waals surface area contributed by atoms with E-state index in [2.05, 4.69) is 69.6 Å².